The van der Waals surface area contributed by atoms with Crippen LogP contribution < -0.4 is 5.32 Å². The third kappa shape index (κ3) is 3.82. The number of benzene rings is 1. The van der Waals surface area contributed by atoms with Gasteiger partial charge in [0.2, 0.25) is 5.91 Å². The lowest BCUT2D eigenvalue weighted by Gasteiger charge is -2.22. The Balaban J connectivity index is 1.49. The van der Waals surface area contributed by atoms with E-state index in [1.54, 1.807) is 35.5 Å². The highest BCUT2D eigenvalue weighted by Crippen LogP contribution is 2.35. The second kappa shape index (κ2) is 7.93. The molecule has 3 aromatic rings. The maximum atomic E-state index is 13.2. The molecule has 1 fully saturated rings. The molecule has 7 nitrogen and oxygen atoms in total. The largest absolute Gasteiger partial charge is 0.371 e. The number of hydrogen-bond donors (Lipinski definition) is 1. The molecule has 0 bridgehead atoms. The van der Waals surface area contributed by atoms with Crippen LogP contribution in [-0.2, 0) is 16.1 Å². The molecule has 4 rings (SSSR count). The van der Waals surface area contributed by atoms with Gasteiger partial charge in [0.1, 0.15) is 11.9 Å². The van der Waals surface area contributed by atoms with Gasteiger partial charge in [-0.05, 0) is 43.7 Å². The summed E-state index contributed by atoms with van der Waals surface area (Å²) in [6.07, 6.45) is 7.22. The molecule has 28 heavy (non-hydrogen) atoms. The molecule has 1 saturated heterocycles. The number of imidazole rings is 1. The van der Waals surface area contributed by atoms with Crippen molar-refractivity contribution in [2.75, 3.05) is 6.61 Å². The van der Waals surface area contributed by atoms with E-state index in [1.807, 2.05) is 23.8 Å². The number of nitrogens with zero attached hydrogens (tertiary/aromatic N) is 4. The van der Waals surface area contributed by atoms with Crippen LogP contribution in [0.3, 0.4) is 0 Å². The van der Waals surface area contributed by atoms with E-state index >= 15 is 0 Å². The number of aromatic nitrogens is 4. The molecule has 1 unspecified atom stereocenters. The molecule has 1 amide bonds. The van der Waals surface area contributed by atoms with Crippen LogP contribution in [0.1, 0.15) is 25.1 Å². The van der Waals surface area contributed by atoms with Crippen LogP contribution in [0, 0.1) is 11.7 Å². The monoisotopic (exact) mass is 383 g/mol. The molecule has 3 heterocycles. The normalized spacial score (nSPS) is 20.2. The van der Waals surface area contributed by atoms with E-state index in [0.29, 0.717) is 19.6 Å². The van der Waals surface area contributed by atoms with Gasteiger partial charge in [-0.1, -0.05) is 0 Å². The van der Waals surface area contributed by atoms with Crippen molar-refractivity contribution in [1.82, 2.24) is 24.6 Å². The highest BCUT2D eigenvalue weighted by atomic mass is 19.1. The number of nitrogens with one attached hydrogen (secondary N) is 1. The predicted octanol–water partition coefficient (Wildman–Crippen LogP) is 2.49. The SMILES string of the molecule is CC(Cn1ccnc1)NC(=O)[C@H]1CCO[C@@H]1c1ccnn1-c1ccc(F)cc1. The second-order valence-corrected chi connectivity index (χ2v) is 7.00. The van der Waals surface area contributed by atoms with E-state index in [4.69, 9.17) is 4.74 Å². The maximum absolute atomic E-state index is 13.2. The van der Waals surface area contributed by atoms with Crippen molar-refractivity contribution in [2.45, 2.75) is 32.0 Å². The van der Waals surface area contributed by atoms with Gasteiger partial charge in [0.15, 0.2) is 0 Å². The van der Waals surface area contributed by atoms with Gasteiger partial charge in [-0.3, -0.25) is 4.79 Å². The molecule has 2 aromatic heterocycles. The number of halogens is 1. The molecule has 1 N–H and O–H groups in total. The standard InChI is InChI=1S/C20H22FN5O2/c1-14(12-25-10-9-22-13-25)24-20(27)17-7-11-28-19(17)18-6-8-23-26(18)16-4-2-15(21)3-5-16/h2-6,8-10,13-14,17,19H,7,11-12H2,1H3,(H,24,27)/t14?,17-,19-/m0/s1. The molecular weight excluding hydrogens is 361 g/mol. The average Bonchev–Trinajstić information content (AvgIpc) is 3.43. The van der Waals surface area contributed by atoms with Crippen molar-refractivity contribution in [2.24, 2.45) is 5.92 Å². The van der Waals surface area contributed by atoms with Gasteiger partial charge in [0, 0.05) is 37.8 Å². The van der Waals surface area contributed by atoms with E-state index in [-0.39, 0.29) is 23.7 Å². The fraction of sp³-hybridized carbons (Fsp3) is 0.350. The Labute approximate surface area is 162 Å². The minimum Gasteiger partial charge on any atom is -0.371 e. The molecule has 0 aliphatic carbocycles. The molecule has 146 valence electrons. The summed E-state index contributed by atoms with van der Waals surface area (Å²) in [5.41, 5.74) is 1.51. The molecule has 1 aliphatic heterocycles. The van der Waals surface area contributed by atoms with Crippen LogP contribution >= 0.6 is 0 Å². The topological polar surface area (TPSA) is 74.0 Å². The van der Waals surface area contributed by atoms with Gasteiger partial charge in [-0.25, -0.2) is 14.1 Å². The lowest BCUT2D eigenvalue weighted by atomic mass is 9.97. The zero-order valence-corrected chi connectivity index (χ0v) is 15.5. The van der Waals surface area contributed by atoms with Gasteiger partial charge in [0.05, 0.1) is 23.6 Å². The summed E-state index contributed by atoms with van der Waals surface area (Å²) in [4.78, 5) is 16.9. The quantitative estimate of drug-likeness (QED) is 0.710. The number of carbonyl (C=O) groups is 1. The Morgan fingerprint density at radius 3 is 2.89 bits per heavy atom. The van der Waals surface area contributed by atoms with Crippen LogP contribution in [0.5, 0.6) is 0 Å². The van der Waals surface area contributed by atoms with Crippen LogP contribution in [0.25, 0.3) is 5.69 Å². The average molecular weight is 383 g/mol. The minimum absolute atomic E-state index is 0.0371. The van der Waals surface area contributed by atoms with Crippen LogP contribution in [-0.4, -0.2) is 37.9 Å². The third-order valence-electron chi connectivity index (χ3n) is 4.90. The second-order valence-electron chi connectivity index (χ2n) is 7.00. The first-order valence-electron chi connectivity index (χ1n) is 9.29. The summed E-state index contributed by atoms with van der Waals surface area (Å²) in [5, 5.41) is 7.41. The van der Waals surface area contributed by atoms with Gasteiger partial charge < -0.3 is 14.6 Å². The molecule has 8 heteroatoms. The van der Waals surface area contributed by atoms with E-state index < -0.39 is 6.10 Å². The highest BCUT2D eigenvalue weighted by molar-refractivity contribution is 5.80. The Kier molecular flexibility index (Phi) is 5.21. The zero-order chi connectivity index (χ0) is 19.5. The van der Waals surface area contributed by atoms with Crippen molar-refractivity contribution in [3.8, 4) is 5.69 Å². The fourth-order valence-corrected chi connectivity index (χ4v) is 3.58. The van der Waals surface area contributed by atoms with Crippen molar-refractivity contribution in [1.29, 1.82) is 0 Å². The number of rotatable bonds is 6. The Hall–Kier alpha value is -3.00. The predicted molar refractivity (Wildman–Crippen MR) is 100 cm³/mol. The summed E-state index contributed by atoms with van der Waals surface area (Å²) in [5.74, 6) is -0.651. The van der Waals surface area contributed by atoms with E-state index in [0.717, 1.165) is 11.4 Å². The zero-order valence-electron chi connectivity index (χ0n) is 15.5. The van der Waals surface area contributed by atoms with Gasteiger partial charge >= 0.3 is 0 Å². The van der Waals surface area contributed by atoms with Crippen molar-refractivity contribution in [3.05, 3.63) is 66.8 Å². The maximum Gasteiger partial charge on any atom is 0.226 e. The van der Waals surface area contributed by atoms with Crippen molar-refractivity contribution >= 4 is 5.91 Å². The first-order chi connectivity index (χ1) is 13.6. The summed E-state index contributed by atoms with van der Waals surface area (Å²) in [6.45, 7) is 3.12. The Morgan fingerprint density at radius 1 is 1.32 bits per heavy atom. The summed E-state index contributed by atoms with van der Waals surface area (Å²) in [6, 6.07) is 7.89. The van der Waals surface area contributed by atoms with E-state index in [9.17, 15) is 9.18 Å². The molecule has 1 aliphatic rings. The van der Waals surface area contributed by atoms with E-state index in [1.165, 1.54) is 12.1 Å². The van der Waals surface area contributed by atoms with E-state index in [2.05, 4.69) is 15.4 Å². The number of hydrogen-bond acceptors (Lipinski definition) is 4. The van der Waals surface area contributed by atoms with Gasteiger partial charge in [0.25, 0.3) is 0 Å². The summed E-state index contributed by atoms with van der Waals surface area (Å²) < 4.78 is 22.8. The van der Waals surface area contributed by atoms with Gasteiger partial charge in [-0.2, -0.15) is 5.10 Å². The lowest BCUT2D eigenvalue weighted by Crippen LogP contribution is -2.40. The first-order valence-corrected chi connectivity index (χ1v) is 9.29. The van der Waals surface area contributed by atoms with Crippen molar-refractivity contribution in [3.63, 3.8) is 0 Å². The van der Waals surface area contributed by atoms with Crippen LogP contribution in [0.2, 0.25) is 0 Å². The van der Waals surface area contributed by atoms with Crippen LogP contribution in [0.4, 0.5) is 4.39 Å². The van der Waals surface area contributed by atoms with Gasteiger partial charge in [-0.15, -0.1) is 0 Å². The molecule has 1 aromatic carbocycles. The Morgan fingerprint density at radius 2 is 2.14 bits per heavy atom. The molecule has 0 radical (unpaired) electrons. The smallest absolute Gasteiger partial charge is 0.226 e. The fourth-order valence-electron chi connectivity index (χ4n) is 3.58. The number of amides is 1. The summed E-state index contributed by atoms with van der Waals surface area (Å²) >= 11 is 0. The Bertz CT molecular complexity index is 922. The highest BCUT2D eigenvalue weighted by Gasteiger charge is 2.37. The number of carbonyl (C=O) groups excluding carboxylic acids is 1. The first kappa shape index (κ1) is 18.4. The van der Waals surface area contributed by atoms with Crippen molar-refractivity contribution < 1.29 is 13.9 Å². The minimum atomic E-state index is -0.395. The molecular formula is C20H22FN5O2. The third-order valence-corrected chi connectivity index (χ3v) is 4.90. The summed E-state index contributed by atoms with van der Waals surface area (Å²) in [7, 11) is 0. The molecule has 3 atom stereocenters. The lowest BCUT2D eigenvalue weighted by molar-refractivity contribution is -0.127. The van der Waals surface area contributed by atoms with Crippen LogP contribution in [0.15, 0.2) is 55.2 Å². The molecule has 0 spiro atoms. The number of ether oxygens (including phenoxy) is 1. The molecule has 0 saturated carbocycles.